The van der Waals surface area contributed by atoms with Crippen LogP contribution in [-0.4, -0.2) is 15.8 Å². The van der Waals surface area contributed by atoms with Crippen molar-refractivity contribution in [1.29, 1.82) is 0 Å². The molecule has 0 radical (unpaired) electrons. The van der Waals surface area contributed by atoms with E-state index >= 15 is 0 Å². The van der Waals surface area contributed by atoms with Crippen molar-refractivity contribution in [3.63, 3.8) is 0 Å². The fraction of sp³-hybridized carbons (Fsp3) is 0.273. The monoisotopic (exact) mass is 364 g/mol. The van der Waals surface area contributed by atoms with Crippen LogP contribution in [0.1, 0.15) is 47.4 Å². The van der Waals surface area contributed by atoms with E-state index in [2.05, 4.69) is 35.9 Å². The summed E-state index contributed by atoms with van der Waals surface area (Å²) in [7, 11) is 0. The van der Waals surface area contributed by atoms with E-state index in [9.17, 15) is 4.79 Å². The second-order valence-corrected chi connectivity index (χ2v) is 8.20. The largest absolute Gasteiger partial charge is 0.357 e. The van der Waals surface area contributed by atoms with Gasteiger partial charge in [-0.25, -0.2) is 0 Å². The maximum atomic E-state index is 13.0. The fourth-order valence-corrected chi connectivity index (χ4v) is 4.13. The summed E-state index contributed by atoms with van der Waals surface area (Å²) in [6, 6.07) is 12.1. The van der Waals surface area contributed by atoms with Crippen molar-refractivity contribution in [2.75, 3.05) is 0 Å². The van der Waals surface area contributed by atoms with Crippen LogP contribution in [0.3, 0.4) is 0 Å². The minimum atomic E-state index is -0.0295. The van der Waals surface area contributed by atoms with Crippen molar-refractivity contribution in [3.8, 4) is 11.3 Å². The summed E-state index contributed by atoms with van der Waals surface area (Å²) in [4.78, 5) is 20.6. The van der Waals surface area contributed by atoms with Crippen molar-refractivity contribution in [2.45, 2.75) is 33.1 Å². The highest BCUT2D eigenvalue weighted by Crippen LogP contribution is 2.41. The zero-order chi connectivity index (χ0) is 18.3. The van der Waals surface area contributed by atoms with Crippen LogP contribution < -0.4 is 0 Å². The maximum absolute atomic E-state index is 13.0. The lowest BCUT2D eigenvalue weighted by Gasteiger charge is -2.28. The molecule has 4 rings (SSSR count). The molecule has 0 bridgehead atoms. The predicted molar refractivity (Wildman–Crippen MR) is 105 cm³/mol. The maximum Gasteiger partial charge on any atom is 0.165 e. The summed E-state index contributed by atoms with van der Waals surface area (Å²) in [5.41, 5.74) is 5.91. The van der Waals surface area contributed by atoms with Crippen molar-refractivity contribution < 1.29 is 4.79 Å². The van der Waals surface area contributed by atoms with Crippen molar-refractivity contribution in [1.82, 2.24) is 9.97 Å². The zero-order valence-corrected chi connectivity index (χ0v) is 15.7. The molecule has 3 aromatic rings. The van der Waals surface area contributed by atoms with Gasteiger partial charge in [0, 0.05) is 42.1 Å². The minimum Gasteiger partial charge on any atom is -0.357 e. The summed E-state index contributed by atoms with van der Waals surface area (Å²) in [5, 5.41) is 0.590. The van der Waals surface area contributed by atoms with Crippen LogP contribution in [0.2, 0.25) is 5.02 Å². The van der Waals surface area contributed by atoms with Crippen LogP contribution in [0.25, 0.3) is 11.3 Å². The molecule has 0 aliphatic heterocycles. The third kappa shape index (κ3) is 3.08. The van der Waals surface area contributed by atoms with E-state index in [-0.39, 0.29) is 11.2 Å². The number of halogens is 1. The first-order valence-electron chi connectivity index (χ1n) is 8.85. The number of hydrogen-bond donors (Lipinski definition) is 1. The summed E-state index contributed by atoms with van der Waals surface area (Å²) in [6.45, 7) is 4.29. The molecule has 1 aliphatic rings. The average molecular weight is 365 g/mol. The van der Waals surface area contributed by atoms with Gasteiger partial charge in [-0.05, 0) is 29.0 Å². The Morgan fingerprint density at radius 3 is 2.65 bits per heavy atom. The second-order valence-electron chi connectivity index (χ2n) is 7.79. The number of nitrogens with one attached hydrogen (secondary N) is 1. The van der Waals surface area contributed by atoms with Gasteiger partial charge >= 0.3 is 0 Å². The highest BCUT2D eigenvalue weighted by molar-refractivity contribution is 6.33. The molecule has 0 atom stereocenters. The van der Waals surface area contributed by atoms with E-state index in [4.69, 9.17) is 11.6 Å². The van der Waals surface area contributed by atoms with Crippen molar-refractivity contribution in [2.24, 2.45) is 5.41 Å². The number of benzene rings is 1. The van der Waals surface area contributed by atoms with Crippen LogP contribution in [0.5, 0.6) is 0 Å². The number of carbonyl (C=O) groups excluding carboxylic acids is 1. The molecule has 0 saturated heterocycles. The van der Waals surface area contributed by atoms with Gasteiger partial charge in [0.15, 0.2) is 5.78 Å². The SMILES string of the molecule is CC1(C)CC(=O)c2c([nH]c(-c3ccncc3Cl)c2Cc2ccccc2)C1. The number of hydrogen-bond acceptors (Lipinski definition) is 2. The Bertz CT molecular complexity index is 973. The molecule has 132 valence electrons. The summed E-state index contributed by atoms with van der Waals surface area (Å²) in [6.07, 6.45) is 5.52. The Morgan fingerprint density at radius 2 is 1.92 bits per heavy atom. The standard InChI is InChI=1S/C22H21ClN2O/c1-22(2)11-18-20(19(26)12-22)16(10-14-6-4-3-5-7-14)21(25-18)15-8-9-24-13-17(15)23/h3-9,13,25H,10-12H2,1-2H3. The summed E-state index contributed by atoms with van der Waals surface area (Å²) in [5.74, 6) is 0.217. The number of nitrogens with zero attached hydrogens (tertiary/aromatic N) is 1. The first kappa shape index (κ1) is 17.0. The molecular formula is C22H21ClN2O. The number of pyridine rings is 1. The lowest BCUT2D eigenvalue weighted by atomic mass is 9.75. The molecule has 26 heavy (non-hydrogen) atoms. The van der Waals surface area contributed by atoms with E-state index < -0.39 is 0 Å². The molecule has 4 heteroatoms. The predicted octanol–water partition coefficient (Wildman–Crippen LogP) is 5.48. The number of ketones is 1. The lowest BCUT2D eigenvalue weighted by molar-refractivity contribution is 0.0911. The number of Topliss-reactive ketones (excluding diaryl/α,β-unsaturated/α-hetero) is 1. The molecule has 0 unspecified atom stereocenters. The Hall–Kier alpha value is -2.39. The van der Waals surface area contributed by atoms with Gasteiger partial charge in [-0.3, -0.25) is 9.78 Å². The summed E-state index contributed by atoms with van der Waals surface area (Å²) < 4.78 is 0. The molecule has 1 aromatic carbocycles. The molecule has 0 amide bonds. The lowest BCUT2D eigenvalue weighted by Crippen LogP contribution is -2.27. The third-order valence-corrected chi connectivity index (χ3v) is 5.32. The Kier molecular flexibility index (Phi) is 4.20. The van der Waals surface area contributed by atoms with E-state index in [1.807, 2.05) is 24.3 Å². The van der Waals surface area contributed by atoms with Gasteiger partial charge in [-0.2, -0.15) is 0 Å². The first-order chi connectivity index (χ1) is 12.4. The topological polar surface area (TPSA) is 45.8 Å². The molecule has 0 saturated carbocycles. The minimum absolute atomic E-state index is 0.0295. The number of aromatic amines is 1. The highest BCUT2D eigenvalue weighted by Gasteiger charge is 2.35. The van der Waals surface area contributed by atoms with Gasteiger partial charge < -0.3 is 4.98 Å². The van der Waals surface area contributed by atoms with Crippen LogP contribution in [0, 0.1) is 5.41 Å². The summed E-state index contributed by atoms with van der Waals surface area (Å²) >= 11 is 6.42. The van der Waals surface area contributed by atoms with E-state index in [0.717, 1.165) is 34.5 Å². The van der Waals surface area contributed by atoms with Crippen LogP contribution in [-0.2, 0) is 12.8 Å². The van der Waals surface area contributed by atoms with Crippen molar-refractivity contribution in [3.05, 3.63) is 76.2 Å². The number of rotatable bonds is 3. The van der Waals surface area contributed by atoms with Crippen LogP contribution in [0.15, 0.2) is 48.8 Å². The second kappa shape index (κ2) is 6.40. The Labute approximate surface area is 158 Å². The smallest absolute Gasteiger partial charge is 0.165 e. The number of carbonyl (C=O) groups is 1. The van der Waals surface area contributed by atoms with Gasteiger partial charge in [0.2, 0.25) is 0 Å². The normalized spacial score (nSPS) is 15.7. The average Bonchev–Trinajstić information content (AvgIpc) is 2.93. The molecule has 0 spiro atoms. The Morgan fingerprint density at radius 1 is 1.15 bits per heavy atom. The fourth-order valence-electron chi connectivity index (χ4n) is 3.91. The molecule has 0 fully saturated rings. The number of H-pyrrole nitrogens is 1. The molecule has 1 aliphatic carbocycles. The quantitative estimate of drug-likeness (QED) is 0.669. The number of aromatic nitrogens is 2. The molecule has 1 N–H and O–H groups in total. The van der Waals surface area contributed by atoms with Crippen LogP contribution in [0.4, 0.5) is 0 Å². The van der Waals surface area contributed by atoms with Gasteiger partial charge in [0.05, 0.1) is 10.7 Å². The molecule has 3 nitrogen and oxygen atoms in total. The van der Waals surface area contributed by atoms with Gasteiger partial charge in [-0.1, -0.05) is 55.8 Å². The highest BCUT2D eigenvalue weighted by atomic mass is 35.5. The van der Waals surface area contributed by atoms with E-state index in [1.54, 1.807) is 12.4 Å². The third-order valence-electron chi connectivity index (χ3n) is 5.02. The molecular weight excluding hydrogens is 344 g/mol. The first-order valence-corrected chi connectivity index (χ1v) is 9.23. The van der Waals surface area contributed by atoms with Gasteiger partial charge in [0.1, 0.15) is 0 Å². The van der Waals surface area contributed by atoms with Gasteiger partial charge in [0.25, 0.3) is 0 Å². The molecule has 2 aromatic heterocycles. The van der Waals surface area contributed by atoms with Crippen molar-refractivity contribution >= 4 is 17.4 Å². The molecule has 2 heterocycles. The zero-order valence-electron chi connectivity index (χ0n) is 15.0. The number of fused-ring (bicyclic) bond motifs is 1. The van der Waals surface area contributed by atoms with Gasteiger partial charge in [-0.15, -0.1) is 0 Å². The van der Waals surface area contributed by atoms with E-state index in [1.165, 1.54) is 5.56 Å². The van der Waals surface area contributed by atoms with Crippen LogP contribution >= 0.6 is 11.6 Å². The van der Waals surface area contributed by atoms with E-state index in [0.29, 0.717) is 17.9 Å². The Balaban J connectivity index is 1.91.